The molecule has 3 rings (SSSR count). The fraction of sp³-hybridized carbons (Fsp3) is 0.118. The zero-order valence-electron chi connectivity index (χ0n) is 11.6. The minimum Gasteiger partial charge on any atom is -0.481 e. The molecular weight excluding hydrogens is 288 g/mol. The highest BCUT2D eigenvalue weighted by Crippen LogP contribution is 2.33. The lowest BCUT2D eigenvalue weighted by molar-refractivity contribution is -0.136. The fourth-order valence-electron chi connectivity index (χ4n) is 2.61. The lowest BCUT2D eigenvalue weighted by Crippen LogP contribution is -1.99. The van der Waals surface area contributed by atoms with Crippen molar-refractivity contribution in [3.8, 4) is 11.3 Å². The van der Waals surface area contributed by atoms with Crippen molar-refractivity contribution < 1.29 is 18.7 Å². The summed E-state index contributed by atoms with van der Waals surface area (Å²) >= 11 is 0. The smallest absolute Gasteiger partial charge is 0.303 e. The molecule has 112 valence electrons. The van der Waals surface area contributed by atoms with Crippen molar-refractivity contribution in [2.75, 3.05) is 0 Å². The number of hydrogen-bond acceptors (Lipinski definition) is 1. The second-order valence-electron chi connectivity index (χ2n) is 5.04. The van der Waals surface area contributed by atoms with Crippen LogP contribution < -0.4 is 0 Å². The third-order valence-electron chi connectivity index (χ3n) is 3.60. The van der Waals surface area contributed by atoms with Crippen molar-refractivity contribution in [3.05, 3.63) is 59.7 Å². The van der Waals surface area contributed by atoms with E-state index in [1.54, 1.807) is 0 Å². The highest BCUT2D eigenvalue weighted by Gasteiger charge is 2.17. The summed E-state index contributed by atoms with van der Waals surface area (Å²) in [5.41, 5.74) is 1.99. The Morgan fingerprint density at radius 2 is 1.91 bits per heavy atom. The first kappa shape index (κ1) is 14.3. The first-order valence-corrected chi connectivity index (χ1v) is 6.83. The molecule has 1 aromatic heterocycles. The second-order valence-corrected chi connectivity index (χ2v) is 5.04. The van der Waals surface area contributed by atoms with Crippen LogP contribution in [0, 0.1) is 11.6 Å². The fourth-order valence-corrected chi connectivity index (χ4v) is 2.61. The summed E-state index contributed by atoms with van der Waals surface area (Å²) in [6.07, 6.45) is 0.163. The van der Waals surface area contributed by atoms with Crippen LogP contribution in [-0.4, -0.2) is 16.1 Å². The maximum Gasteiger partial charge on any atom is 0.303 e. The normalized spacial score (nSPS) is 11.0. The number of aryl methyl sites for hydroxylation is 1. The van der Waals surface area contributed by atoms with Crippen molar-refractivity contribution in [2.24, 2.45) is 0 Å². The molecule has 0 aliphatic carbocycles. The number of para-hydroxylation sites is 1. The van der Waals surface area contributed by atoms with E-state index < -0.39 is 17.6 Å². The molecule has 0 unspecified atom stereocenters. The van der Waals surface area contributed by atoms with Crippen molar-refractivity contribution in [1.29, 1.82) is 0 Å². The SMILES string of the molecule is O=C(O)CCc1c(-c2cc(F)ccc2F)[nH]c2ccccc12. The molecule has 2 aromatic carbocycles. The molecule has 0 saturated carbocycles. The second kappa shape index (κ2) is 5.60. The number of H-pyrrole nitrogens is 1. The summed E-state index contributed by atoms with van der Waals surface area (Å²) < 4.78 is 27.5. The summed E-state index contributed by atoms with van der Waals surface area (Å²) in [4.78, 5) is 13.9. The Hall–Kier alpha value is -2.69. The number of carboxylic acid groups (broad SMARTS) is 1. The number of nitrogens with one attached hydrogen (secondary N) is 1. The minimum absolute atomic E-state index is 0.0776. The van der Waals surface area contributed by atoms with Crippen LogP contribution in [0.2, 0.25) is 0 Å². The maximum absolute atomic E-state index is 14.1. The maximum atomic E-state index is 14.1. The standard InChI is InChI=1S/C17H13F2NO2/c18-10-5-7-14(19)13(9-10)17-12(6-8-16(21)22)11-3-1-2-4-15(11)20-17/h1-5,7,9,20H,6,8H2,(H,21,22). The van der Waals surface area contributed by atoms with Crippen LogP contribution in [0.15, 0.2) is 42.5 Å². The molecule has 0 saturated heterocycles. The predicted molar refractivity (Wildman–Crippen MR) is 79.6 cm³/mol. The zero-order valence-corrected chi connectivity index (χ0v) is 11.6. The van der Waals surface area contributed by atoms with E-state index in [4.69, 9.17) is 5.11 Å². The Kier molecular flexibility index (Phi) is 3.63. The summed E-state index contributed by atoms with van der Waals surface area (Å²) in [7, 11) is 0. The molecule has 2 N–H and O–H groups in total. The quantitative estimate of drug-likeness (QED) is 0.761. The molecule has 0 aliphatic heterocycles. The number of rotatable bonds is 4. The van der Waals surface area contributed by atoms with Crippen molar-refractivity contribution in [1.82, 2.24) is 4.98 Å². The van der Waals surface area contributed by atoms with Gasteiger partial charge in [0, 0.05) is 22.9 Å². The number of carboxylic acids is 1. The molecule has 0 radical (unpaired) electrons. The molecule has 0 spiro atoms. The molecule has 3 nitrogen and oxygen atoms in total. The van der Waals surface area contributed by atoms with Gasteiger partial charge in [-0.3, -0.25) is 4.79 Å². The van der Waals surface area contributed by atoms with Crippen molar-refractivity contribution in [3.63, 3.8) is 0 Å². The van der Waals surface area contributed by atoms with E-state index in [1.807, 2.05) is 24.3 Å². The van der Waals surface area contributed by atoms with Gasteiger partial charge in [0.15, 0.2) is 0 Å². The molecule has 22 heavy (non-hydrogen) atoms. The van der Waals surface area contributed by atoms with Crippen LogP contribution in [-0.2, 0) is 11.2 Å². The lowest BCUT2D eigenvalue weighted by Gasteiger charge is -2.06. The summed E-state index contributed by atoms with van der Waals surface area (Å²) in [5.74, 6) is -2.03. The summed E-state index contributed by atoms with van der Waals surface area (Å²) in [6.45, 7) is 0. The van der Waals surface area contributed by atoms with Gasteiger partial charge < -0.3 is 10.1 Å². The number of halogens is 2. The van der Waals surface area contributed by atoms with E-state index in [-0.39, 0.29) is 18.4 Å². The van der Waals surface area contributed by atoms with E-state index in [0.29, 0.717) is 11.3 Å². The molecule has 0 bridgehead atoms. The van der Waals surface area contributed by atoms with Crippen LogP contribution in [0.4, 0.5) is 8.78 Å². The van der Waals surface area contributed by atoms with E-state index in [0.717, 1.165) is 29.1 Å². The molecule has 0 aliphatic rings. The molecule has 5 heteroatoms. The summed E-state index contributed by atoms with van der Waals surface area (Å²) in [6, 6.07) is 10.5. The predicted octanol–water partition coefficient (Wildman–Crippen LogP) is 4.13. The van der Waals surface area contributed by atoms with Gasteiger partial charge in [-0.25, -0.2) is 8.78 Å². The largest absolute Gasteiger partial charge is 0.481 e. The minimum atomic E-state index is -0.934. The van der Waals surface area contributed by atoms with Gasteiger partial charge in [-0.05, 0) is 36.2 Å². The molecule has 0 fully saturated rings. The monoisotopic (exact) mass is 301 g/mol. The zero-order chi connectivity index (χ0) is 15.7. The van der Waals surface area contributed by atoms with Gasteiger partial charge in [0.25, 0.3) is 0 Å². The van der Waals surface area contributed by atoms with E-state index in [1.165, 1.54) is 0 Å². The van der Waals surface area contributed by atoms with Gasteiger partial charge in [-0.15, -0.1) is 0 Å². The van der Waals surface area contributed by atoms with Crippen LogP contribution in [0.5, 0.6) is 0 Å². The van der Waals surface area contributed by atoms with Crippen LogP contribution >= 0.6 is 0 Å². The number of hydrogen-bond donors (Lipinski definition) is 2. The Morgan fingerprint density at radius 1 is 1.14 bits per heavy atom. The van der Waals surface area contributed by atoms with Gasteiger partial charge in [0.05, 0.1) is 5.69 Å². The number of aliphatic carboxylic acids is 1. The molecular formula is C17H13F2NO2. The van der Waals surface area contributed by atoms with E-state index in [9.17, 15) is 13.6 Å². The van der Waals surface area contributed by atoms with E-state index in [2.05, 4.69) is 4.98 Å². The van der Waals surface area contributed by atoms with E-state index >= 15 is 0 Å². The topological polar surface area (TPSA) is 53.1 Å². The summed E-state index contributed by atoms with van der Waals surface area (Å²) in [5, 5.41) is 9.72. The van der Waals surface area contributed by atoms with Crippen LogP contribution in [0.3, 0.4) is 0 Å². The Morgan fingerprint density at radius 3 is 2.68 bits per heavy atom. The van der Waals surface area contributed by atoms with Gasteiger partial charge in [0.1, 0.15) is 11.6 Å². The Balaban J connectivity index is 2.21. The average Bonchev–Trinajstić information content (AvgIpc) is 2.86. The Bertz CT molecular complexity index is 855. The third kappa shape index (κ3) is 2.57. The van der Waals surface area contributed by atoms with Gasteiger partial charge in [-0.1, -0.05) is 18.2 Å². The lowest BCUT2D eigenvalue weighted by atomic mass is 10.0. The highest BCUT2D eigenvalue weighted by molar-refractivity contribution is 5.91. The third-order valence-corrected chi connectivity index (χ3v) is 3.60. The molecule has 0 atom stereocenters. The highest BCUT2D eigenvalue weighted by atomic mass is 19.1. The number of carbonyl (C=O) groups is 1. The first-order valence-electron chi connectivity index (χ1n) is 6.83. The number of benzene rings is 2. The van der Waals surface area contributed by atoms with Crippen LogP contribution in [0.25, 0.3) is 22.2 Å². The van der Waals surface area contributed by atoms with Crippen LogP contribution in [0.1, 0.15) is 12.0 Å². The first-order chi connectivity index (χ1) is 10.6. The Labute approximate surface area is 125 Å². The van der Waals surface area contributed by atoms with Gasteiger partial charge >= 0.3 is 5.97 Å². The molecule has 1 heterocycles. The van der Waals surface area contributed by atoms with Crippen molar-refractivity contribution in [2.45, 2.75) is 12.8 Å². The number of aromatic amines is 1. The average molecular weight is 301 g/mol. The number of aromatic nitrogens is 1. The van der Waals surface area contributed by atoms with Gasteiger partial charge in [0.2, 0.25) is 0 Å². The molecule has 0 amide bonds. The van der Waals surface area contributed by atoms with Gasteiger partial charge in [-0.2, -0.15) is 0 Å². The molecule has 3 aromatic rings. The number of fused-ring (bicyclic) bond motifs is 1. The van der Waals surface area contributed by atoms with Crippen molar-refractivity contribution >= 4 is 16.9 Å².